The molecule has 0 bridgehead atoms. The molecule has 1 aromatic heterocycles. The van der Waals surface area contributed by atoms with Gasteiger partial charge >= 0.3 is 0 Å². The van der Waals surface area contributed by atoms with Gasteiger partial charge in [0.25, 0.3) is 5.91 Å². The van der Waals surface area contributed by atoms with Gasteiger partial charge in [0, 0.05) is 5.02 Å². The third-order valence-corrected chi connectivity index (χ3v) is 5.00. The van der Waals surface area contributed by atoms with Crippen LogP contribution in [0.3, 0.4) is 0 Å². The van der Waals surface area contributed by atoms with Gasteiger partial charge in [-0.3, -0.25) is 20.4 Å². The van der Waals surface area contributed by atoms with Gasteiger partial charge in [0.2, 0.25) is 5.91 Å². The van der Waals surface area contributed by atoms with Crippen molar-refractivity contribution in [2.45, 2.75) is 19.4 Å². The van der Waals surface area contributed by atoms with Crippen LogP contribution in [-0.4, -0.2) is 22.8 Å². The average Bonchev–Trinajstić information content (AvgIpc) is 3.03. The standard InChI is InChI=1S/C18H17ClN4O2S/c1-11(20-18-21-14-8-4-5-9-15(14)26-18)17(25)23-22-16(24)10-12-6-2-3-7-13(12)19/h2-9,11H,10H2,1H3,(H,20,21)(H,22,24)(H,23,25)/t11-/m1/s1. The molecule has 3 aromatic rings. The summed E-state index contributed by atoms with van der Waals surface area (Å²) in [6, 6.07) is 14.3. The van der Waals surface area contributed by atoms with E-state index in [-0.39, 0.29) is 18.2 Å². The number of para-hydroxylation sites is 1. The summed E-state index contributed by atoms with van der Waals surface area (Å²) in [7, 11) is 0. The highest BCUT2D eigenvalue weighted by atomic mass is 35.5. The number of carbonyl (C=O) groups is 2. The topological polar surface area (TPSA) is 83.1 Å². The molecule has 2 aromatic carbocycles. The normalized spacial score (nSPS) is 11.8. The number of rotatable bonds is 5. The summed E-state index contributed by atoms with van der Waals surface area (Å²) in [6.07, 6.45) is 0.0830. The molecule has 134 valence electrons. The van der Waals surface area contributed by atoms with Crippen molar-refractivity contribution >= 4 is 50.1 Å². The Morgan fingerprint density at radius 2 is 1.85 bits per heavy atom. The van der Waals surface area contributed by atoms with Gasteiger partial charge in [-0.2, -0.15) is 0 Å². The first-order valence-electron chi connectivity index (χ1n) is 7.97. The summed E-state index contributed by atoms with van der Waals surface area (Å²) in [6.45, 7) is 1.70. The van der Waals surface area contributed by atoms with Crippen LogP contribution < -0.4 is 16.2 Å². The molecule has 0 saturated carbocycles. The Balaban J connectivity index is 1.51. The number of halogens is 1. The van der Waals surface area contributed by atoms with E-state index in [0.717, 1.165) is 10.2 Å². The van der Waals surface area contributed by atoms with E-state index in [1.165, 1.54) is 11.3 Å². The number of nitrogens with zero attached hydrogens (tertiary/aromatic N) is 1. The fourth-order valence-electron chi connectivity index (χ4n) is 2.28. The van der Waals surface area contributed by atoms with Crippen LogP contribution in [0.5, 0.6) is 0 Å². The molecule has 6 nitrogen and oxygen atoms in total. The summed E-state index contributed by atoms with van der Waals surface area (Å²) < 4.78 is 1.04. The molecule has 0 aliphatic carbocycles. The van der Waals surface area contributed by atoms with E-state index in [0.29, 0.717) is 15.7 Å². The Morgan fingerprint density at radius 3 is 2.62 bits per heavy atom. The van der Waals surface area contributed by atoms with Crippen LogP contribution in [-0.2, 0) is 16.0 Å². The van der Waals surface area contributed by atoms with E-state index in [4.69, 9.17) is 11.6 Å². The molecule has 0 aliphatic heterocycles. The second kappa shape index (κ2) is 8.16. The fraction of sp³-hybridized carbons (Fsp3) is 0.167. The van der Waals surface area contributed by atoms with Gasteiger partial charge in [-0.15, -0.1) is 0 Å². The molecule has 26 heavy (non-hydrogen) atoms. The van der Waals surface area contributed by atoms with Crippen molar-refractivity contribution in [1.82, 2.24) is 15.8 Å². The van der Waals surface area contributed by atoms with Gasteiger partial charge in [-0.1, -0.05) is 53.3 Å². The zero-order valence-electron chi connectivity index (χ0n) is 14.0. The molecule has 0 radical (unpaired) electrons. The SMILES string of the molecule is C[C@@H](Nc1nc2ccccc2s1)C(=O)NNC(=O)Cc1ccccc1Cl. The summed E-state index contributed by atoms with van der Waals surface area (Å²) in [5, 5.41) is 4.20. The van der Waals surface area contributed by atoms with Crippen LogP contribution in [0.2, 0.25) is 5.02 Å². The van der Waals surface area contributed by atoms with Crippen molar-refractivity contribution in [1.29, 1.82) is 0 Å². The first-order valence-corrected chi connectivity index (χ1v) is 9.16. The molecule has 0 unspecified atom stereocenters. The number of hydrogen-bond donors (Lipinski definition) is 3. The van der Waals surface area contributed by atoms with E-state index < -0.39 is 6.04 Å². The van der Waals surface area contributed by atoms with Crippen LogP contribution in [0.15, 0.2) is 48.5 Å². The second-order valence-electron chi connectivity index (χ2n) is 5.66. The minimum Gasteiger partial charge on any atom is -0.350 e. The predicted octanol–water partition coefficient (Wildman–Crippen LogP) is 3.14. The number of amides is 2. The molecule has 2 amide bonds. The monoisotopic (exact) mass is 388 g/mol. The summed E-state index contributed by atoms with van der Waals surface area (Å²) >= 11 is 7.49. The maximum absolute atomic E-state index is 12.1. The van der Waals surface area contributed by atoms with Crippen LogP contribution >= 0.6 is 22.9 Å². The molecule has 8 heteroatoms. The Morgan fingerprint density at radius 1 is 1.12 bits per heavy atom. The van der Waals surface area contributed by atoms with Gasteiger partial charge < -0.3 is 5.32 Å². The number of carbonyl (C=O) groups excluding carboxylic acids is 2. The van der Waals surface area contributed by atoms with Gasteiger partial charge in [0.15, 0.2) is 5.13 Å². The van der Waals surface area contributed by atoms with E-state index in [9.17, 15) is 9.59 Å². The van der Waals surface area contributed by atoms with Crippen LogP contribution in [0, 0.1) is 0 Å². The Labute approximate surface area is 159 Å². The van der Waals surface area contributed by atoms with E-state index in [1.807, 2.05) is 24.3 Å². The zero-order chi connectivity index (χ0) is 18.5. The quantitative estimate of drug-likeness (QED) is 0.586. The highest BCUT2D eigenvalue weighted by molar-refractivity contribution is 7.22. The lowest BCUT2D eigenvalue weighted by Crippen LogP contribution is -2.48. The molecule has 0 spiro atoms. The minimum absolute atomic E-state index is 0.0830. The van der Waals surface area contributed by atoms with Crippen LogP contribution in [0.1, 0.15) is 12.5 Å². The van der Waals surface area contributed by atoms with Crippen molar-refractivity contribution in [3.63, 3.8) is 0 Å². The molecule has 1 atom stereocenters. The number of thiazole rings is 1. The molecule has 3 rings (SSSR count). The maximum atomic E-state index is 12.1. The zero-order valence-corrected chi connectivity index (χ0v) is 15.5. The van der Waals surface area contributed by atoms with Crippen molar-refractivity contribution in [3.05, 3.63) is 59.1 Å². The molecule has 0 aliphatic rings. The molecular formula is C18H17ClN4O2S. The van der Waals surface area contributed by atoms with Gasteiger partial charge in [-0.05, 0) is 30.7 Å². The highest BCUT2D eigenvalue weighted by Gasteiger charge is 2.15. The lowest BCUT2D eigenvalue weighted by molar-refractivity contribution is -0.128. The average molecular weight is 389 g/mol. The van der Waals surface area contributed by atoms with E-state index >= 15 is 0 Å². The summed E-state index contributed by atoms with van der Waals surface area (Å²) in [5.41, 5.74) is 6.38. The van der Waals surface area contributed by atoms with Gasteiger partial charge in [0.1, 0.15) is 6.04 Å². The van der Waals surface area contributed by atoms with E-state index in [1.54, 1.807) is 31.2 Å². The minimum atomic E-state index is -0.559. The Kier molecular flexibility index (Phi) is 5.70. The van der Waals surface area contributed by atoms with E-state index in [2.05, 4.69) is 21.2 Å². The molecular weight excluding hydrogens is 372 g/mol. The van der Waals surface area contributed by atoms with Gasteiger partial charge in [0.05, 0.1) is 16.6 Å². The Bertz CT molecular complexity index is 911. The van der Waals surface area contributed by atoms with Crippen molar-refractivity contribution < 1.29 is 9.59 Å². The van der Waals surface area contributed by atoms with Crippen LogP contribution in [0.25, 0.3) is 10.2 Å². The van der Waals surface area contributed by atoms with Crippen molar-refractivity contribution in [2.24, 2.45) is 0 Å². The third-order valence-electron chi connectivity index (χ3n) is 3.66. The Hall–Kier alpha value is -2.64. The number of nitrogens with one attached hydrogen (secondary N) is 3. The fourth-order valence-corrected chi connectivity index (χ4v) is 3.44. The number of benzene rings is 2. The smallest absolute Gasteiger partial charge is 0.260 e. The highest BCUT2D eigenvalue weighted by Crippen LogP contribution is 2.25. The number of aromatic nitrogens is 1. The van der Waals surface area contributed by atoms with Crippen molar-refractivity contribution in [2.75, 3.05) is 5.32 Å². The lowest BCUT2D eigenvalue weighted by Gasteiger charge is -2.14. The molecule has 0 fully saturated rings. The number of hydrogen-bond acceptors (Lipinski definition) is 5. The maximum Gasteiger partial charge on any atom is 0.260 e. The first kappa shape index (κ1) is 18.2. The van der Waals surface area contributed by atoms with Gasteiger partial charge in [-0.25, -0.2) is 4.98 Å². The summed E-state index contributed by atoms with van der Waals surface area (Å²) in [5.74, 6) is -0.713. The number of anilines is 1. The second-order valence-corrected chi connectivity index (χ2v) is 7.10. The molecule has 1 heterocycles. The lowest BCUT2D eigenvalue weighted by atomic mass is 10.1. The molecule has 3 N–H and O–H groups in total. The first-order chi connectivity index (χ1) is 12.5. The summed E-state index contributed by atoms with van der Waals surface area (Å²) in [4.78, 5) is 28.5. The van der Waals surface area contributed by atoms with Crippen molar-refractivity contribution in [3.8, 4) is 0 Å². The predicted molar refractivity (Wildman–Crippen MR) is 104 cm³/mol. The number of hydrazine groups is 1. The largest absolute Gasteiger partial charge is 0.350 e. The number of fused-ring (bicyclic) bond motifs is 1. The van der Waals surface area contributed by atoms with Crippen LogP contribution in [0.4, 0.5) is 5.13 Å². The third kappa shape index (κ3) is 4.50. The molecule has 0 saturated heterocycles.